The molecule has 0 radical (unpaired) electrons. The number of H-pyrrole nitrogens is 1. The van der Waals surface area contributed by atoms with Crippen LogP contribution in [0, 0.1) is 5.92 Å². The highest BCUT2D eigenvalue weighted by Crippen LogP contribution is 2.15. The second kappa shape index (κ2) is 8.80. The zero-order valence-corrected chi connectivity index (χ0v) is 15.2. The monoisotopic (exact) mass is 357 g/mol. The van der Waals surface area contributed by atoms with E-state index in [0.717, 1.165) is 50.5 Å². The summed E-state index contributed by atoms with van der Waals surface area (Å²) in [5.41, 5.74) is 2.59. The van der Waals surface area contributed by atoms with Crippen molar-refractivity contribution in [3.05, 3.63) is 17.0 Å². The predicted octanol–water partition coefficient (Wildman–Crippen LogP) is 0.564. The normalized spacial score (nSPS) is 21.2. The Labute approximate surface area is 149 Å². The first-order valence-corrected chi connectivity index (χ1v) is 8.52. The van der Waals surface area contributed by atoms with Gasteiger partial charge in [0.1, 0.15) is 0 Å². The summed E-state index contributed by atoms with van der Waals surface area (Å²) < 4.78 is 5.77. The molecule has 1 fully saturated rings. The van der Waals surface area contributed by atoms with Crippen LogP contribution in [0.1, 0.15) is 35.6 Å². The fourth-order valence-electron chi connectivity index (χ4n) is 3.29. The van der Waals surface area contributed by atoms with E-state index < -0.39 is 0 Å². The largest absolute Gasteiger partial charge is 0.374 e. The predicted molar refractivity (Wildman–Crippen MR) is 94.6 cm³/mol. The van der Waals surface area contributed by atoms with Crippen LogP contribution >= 0.6 is 12.4 Å². The van der Waals surface area contributed by atoms with E-state index >= 15 is 0 Å². The van der Waals surface area contributed by atoms with Gasteiger partial charge in [0.15, 0.2) is 5.69 Å². The number of hydrogen-bond acceptors (Lipinski definition) is 5. The maximum absolute atomic E-state index is 12.4. The molecule has 24 heavy (non-hydrogen) atoms. The summed E-state index contributed by atoms with van der Waals surface area (Å²) >= 11 is 0. The molecule has 0 aromatic carbocycles. The van der Waals surface area contributed by atoms with Crippen LogP contribution in [0.2, 0.25) is 0 Å². The lowest BCUT2D eigenvalue weighted by molar-refractivity contribution is -0.0295. The van der Waals surface area contributed by atoms with Gasteiger partial charge in [0, 0.05) is 56.9 Å². The van der Waals surface area contributed by atoms with E-state index in [4.69, 9.17) is 4.74 Å². The third kappa shape index (κ3) is 4.69. The van der Waals surface area contributed by atoms with Crippen LogP contribution < -0.4 is 10.6 Å². The zero-order chi connectivity index (χ0) is 16.2. The van der Waals surface area contributed by atoms with Crippen molar-refractivity contribution in [2.24, 2.45) is 5.92 Å². The van der Waals surface area contributed by atoms with Crippen molar-refractivity contribution in [1.29, 1.82) is 0 Å². The van der Waals surface area contributed by atoms with Gasteiger partial charge in [-0.2, -0.15) is 5.10 Å². The van der Waals surface area contributed by atoms with Crippen LogP contribution in [0.4, 0.5) is 0 Å². The van der Waals surface area contributed by atoms with Gasteiger partial charge in [0.25, 0.3) is 5.91 Å². The number of nitrogens with one attached hydrogen (secondary N) is 3. The third-order valence-electron chi connectivity index (χ3n) is 4.36. The standard InChI is InChI=1S/C16H27N5O2.ClH/c1-11(2)9-21-5-6-23-12(10-21)7-18-16(22)15-13-8-17-4-3-14(13)19-20-15;/h11-12,17H,3-10H2,1-2H3,(H,18,22)(H,19,20);1H. The van der Waals surface area contributed by atoms with E-state index in [9.17, 15) is 4.79 Å². The van der Waals surface area contributed by atoms with Crippen LogP contribution in [0.3, 0.4) is 0 Å². The lowest BCUT2D eigenvalue weighted by atomic mass is 10.1. The number of ether oxygens (including phenoxy) is 1. The van der Waals surface area contributed by atoms with Crippen molar-refractivity contribution >= 4 is 18.3 Å². The number of amides is 1. The summed E-state index contributed by atoms with van der Waals surface area (Å²) in [6.07, 6.45) is 0.949. The van der Waals surface area contributed by atoms with E-state index in [1.807, 2.05) is 0 Å². The molecule has 0 saturated carbocycles. The smallest absolute Gasteiger partial charge is 0.272 e. The van der Waals surface area contributed by atoms with Gasteiger partial charge in [-0.15, -0.1) is 12.4 Å². The van der Waals surface area contributed by atoms with Crippen molar-refractivity contribution in [2.45, 2.75) is 32.9 Å². The SMILES string of the molecule is CC(C)CN1CCOC(CNC(=O)c2n[nH]c3c2CNCC3)C1.Cl. The third-order valence-corrected chi connectivity index (χ3v) is 4.36. The topological polar surface area (TPSA) is 82.3 Å². The molecule has 1 atom stereocenters. The first-order valence-electron chi connectivity index (χ1n) is 8.52. The fraction of sp³-hybridized carbons (Fsp3) is 0.750. The van der Waals surface area contributed by atoms with Gasteiger partial charge in [-0.1, -0.05) is 13.8 Å². The first kappa shape index (κ1) is 19.2. The Morgan fingerprint density at radius 3 is 3.12 bits per heavy atom. The Morgan fingerprint density at radius 2 is 2.33 bits per heavy atom. The molecule has 3 heterocycles. The first-order chi connectivity index (χ1) is 11.1. The molecule has 1 unspecified atom stereocenters. The molecule has 0 bridgehead atoms. The van der Waals surface area contributed by atoms with Crippen LogP contribution in [-0.2, 0) is 17.7 Å². The second-order valence-corrected chi connectivity index (χ2v) is 6.81. The fourth-order valence-corrected chi connectivity index (χ4v) is 3.29. The average Bonchev–Trinajstić information content (AvgIpc) is 2.96. The molecule has 3 rings (SSSR count). The number of morpholine rings is 1. The number of aromatic amines is 1. The molecule has 1 amide bonds. The van der Waals surface area contributed by atoms with Gasteiger partial charge in [-0.3, -0.25) is 14.8 Å². The van der Waals surface area contributed by atoms with E-state index in [2.05, 4.69) is 39.6 Å². The quantitative estimate of drug-likeness (QED) is 0.717. The van der Waals surface area contributed by atoms with Gasteiger partial charge in [0.05, 0.1) is 12.7 Å². The van der Waals surface area contributed by atoms with Gasteiger partial charge < -0.3 is 15.4 Å². The molecule has 1 saturated heterocycles. The zero-order valence-electron chi connectivity index (χ0n) is 14.4. The summed E-state index contributed by atoms with van der Waals surface area (Å²) in [6, 6.07) is 0. The lowest BCUT2D eigenvalue weighted by Gasteiger charge is -2.33. The van der Waals surface area contributed by atoms with E-state index in [1.165, 1.54) is 0 Å². The summed E-state index contributed by atoms with van der Waals surface area (Å²) in [7, 11) is 0. The molecule has 7 nitrogen and oxygen atoms in total. The molecule has 2 aliphatic rings. The number of fused-ring (bicyclic) bond motifs is 1. The Morgan fingerprint density at radius 1 is 1.50 bits per heavy atom. The minimum atomic E-state index is -0.115. The van der Waals surface area contributed by atoms with E-state index in [0.29, 0.717) is 24.7 Å². The maximum atomic E-state index is 12.4. The molecule has 1 aromatic heterocycles. The van der Waals surface area contributed by atoms with E-state index in [-0.39, 0.29) is 24.4 Å². The Hall–Kier alpha value is -1.15. The van der Waals surface area contributed by atoms with Crippen molar-refractivity contribution in [3.8, 4) is 0 Å². The minimum Gasteiger partial charge on any atom is -0.374 e. The molecule has 1 aromatic rings. The highest BCUT2D eigenvalue weighted by molar-refractivity contribution is 5.94. The van der Waals surface area contributed by atoms with Crippen molar-refractivity contribution in [1.82, 2.24) is 25.7 Å². The minimum absolute atomic E-state index is 0. The van der Waals surface area contributed by atoms with Crippen molar-refractivity contribution < 1.29 is 9.53 Å². The maximum Gasteiger partial charge on any atom is 0.272 e. The molecule has 8 heteroatoms. The van der Waals surface area contributed by atoms with Crippen LogP contribution in [0.25, 0.3) is 0 Å². The van der Waals surface area contributed by atoms with Gasteiger partial charge in [-0.25, -0.2) is 0 Å². The van der Waals surface area contributed by atoms with Crippen LogP contribution in [-0.4, -0.2) is 66.4 Å². The van der Waals surface area contributed by atoms with Crippen molar-refractivity contribution in [2.75, 3.05) is 39.3 Å². The Balaban J connectivity index is 0.00000208. The average molecular weight is 358 g/mol. The Kier molecular flexibility index (Phi) is 7.03. The van der Waals surface area contributed by atoms with Gasteiger partial charge in [0.2, 0.25) is 0 Å². The molecule has 0 spiro atoms. The molecule has 136 valence electrons. The number of halogens is 1. The van der Waals surface area contributed by atoms with Crippen LogP contribution in [0.5, 0.6) is 0 Å². The number of hydrogen-bond donors (Lipinski definition) is 3. The summed E-state index contributed by atoms with van der Waals surface area (Å²) in [5.74, 6) is 0.530. The van der Waals surface area contributed by atoms with Crippen LogP contribution in [0.15, 0.2) is 0 Å². The number of carbonyl (C=O) groups is 1. The summed E-state index contributed by atoms with van der Waals surface area (Å²) in [4.78, 5) is 14.8. The van der Waals surface area contributed by atoms with Crippen molar-refractivity contribution in [3.63, 3.8) is 0 Å². The number of rotatable bonds is 5. The molecule has 3 N–H and O–H groups in total. The number of nitrogens with zero attached hydrogens (tertiary/aromatic N) is 2. The Bertz CT molecular complexity index is 549. The summed E-state index contributed by atoms with van der Waals surface area (Å²) in [6.45, 7) is 10.3. The summed E-state index contributed by atoms with van der Waals surface area (Å²) in [5, 5.41) is 13.4. The molecule has 0 aliphatic carbocycles. The molecular formula is C16H28ClN5O2. The van der Waals surface area contributed by atoms with Gasteiger partial charge in [-0.05, 0) is 5.92 Å². The number of carbonyl (C=O) groups excluding carboxylic acids is 1. The molecular weight excluding hydrogens is 330 g/mol. The highest BCUT2D eigenvalue weighted by atomic mass is 35.5. The second-order valence-electron chi connectivity index (χ2n) is 6.81. The lowest BCUT2D eigenvalue weighted by Crippen LogP contribution is -2.48. The van der Waals surface area contributed by atoms with E-state index in [1.54, 1.807) is 0 Å². The molecule has 2 aliphatic heterocycles. The van der Waals surface area contributed by atoms with Gasteiger partial charge >= 0.3 is 0 Å². The number of aromatic nitrogens is 2. The highest BCUT2D eigenvalue weighted by Gasteiger charge is 2.24.